The van der Waals surface area contributed by atoms with Gasteiger partial charge in [-0.2, -0.15) is 0 Å². The minimum atomic E-state index is -0.806. The SMILES string of the molecule is CC/C=C\C/C=C\C/C=C\C/C=C\C/C=C\CCCC(=O)OC(COC(=O)CCCCCCC/C=C\CCC)COC(=O)CCCCCCCCCCCCCCCCCCCCCCCCC. The molecule has 68 heavy (non-hydrogen) atoms. The minimum Gasteiger partial charge on any atom is -0.462 e. The molecule has 1 atom stereocenters. The minimum absolute atomic E-state index is 0.0985. The highest BCUT2D eigenvalue weighted by molar-refractivity contribution is 5.71. The molecule has 0 heterocycles. The van der Waals surface area contributed by atoms with Gasteiger partial charge in [0.15, 0.2) is 6.10 Å². The molecule has 0 N–H and O–H groups in total. The number of ether oxygens (including phenoxy) is 3. The second-order valence-electron chi connectivity index (χ2n) is 19.2. The molecule has 1 unspecified atom stereocenters. The fourth-order valence-electron chi connectivity index (χ4n) is 8.13. The van der Waals surface area contributed by atoms with Gasteiger partial charge in [0.25, 0.3) is 0 Å². The van der Waals surface area contributed by atoms with Crippen LogP contribution in [0.3, 0.4) is 0 Å². The Hall–Kier alpha value is -3.15. The van der Waals surface area contributed by atoms with Gasteiger partial charge in [0, 0.05) is 19.3 Å². The number of esters is 3. The monoisotopic (exact) mass is 949 g/mol. The Morgan fingerprint density at radius 1 is 0.309 bits per heavy atom. The fourth-order valence-corrected chi connectivity index (χ4v) is 8.13. The number of carbonyl (C=O) groups is 3. The van der Waals surface area contributed by atoms with E-state index in [-0.39, 0.29) is 37.5 Å². The summed E-state index contributed by atoms with van der Waals surface area (Å²) >= 11 is 0. The van der Waals surface area contributed by atoms with E-state index in [1.807, 2.05) is 0 Å². The Morgan fingerprint density at radius 2 is 0.618 bits per heavy atom. The Balaban J connectivity index is 4.30. The van der Waals surface area contributed by atoms with Crippen molar-refractivity contribution in [3.63, 3.8) is 0 Å². The second kappa shape index (κ2) is 56.4. The zero-order chi connectivity index (χ0) is 49.3. The molecule has 0 rings (SSSR count). The van der Waals surface area contributed by atoms with Gasteiger partial charge >= 0.3 is 17.9 Å². The van der Waals surface area contributed by atoms with Gasteiger partial charge in [-0.1, -0.05) is 261 Å². The first kappa shape index (κ1) is 64.8. The van der Waals surface area contributed by atoms with Crippen LogP contribution in [0.5, 0.6) is 0 Å². The van der Waals surface area contributed by atoms with E-state index in [1.54, 1.807) is 0 Å². The number of carbonyl (C=O) groups excluding carboxylic acids is 3. The van der Waals surface area contributed by atoms with Crippen molar-refractivity contribution < 1.29 is 28.6 Å². The van der Waals surface area contributed by atoms with Gasteiger partial charge in [0.2, 0.25) is 0 Å². The van der Waals surface area contributed by atoms with Crippen LogP contribution in [0.4, 0.5) is 0 Å². The number of allylic oxidation sites excluding steroid dienone is 12. The van der Waals surface area contributed by atoms with Crippen molar-refractivity contribution in [2.24, 2.45) is 0 Å². The summed E-state index contributed by atoms with van der Waals surface area (Å²) in [5.74, 6) is -0.961. The lowest BCUT2D eigenvalue weighted by molar-refractivity contribution is -0.167. The van der Waals surface area contributed by atoms with Crippen molar-refractivity contribution in [1.29, 1.82) is 0 Å². The molecule has 0 fully saturated rings. The predicted molar refractivity (Wildman–Crippen MR) is 293 cm³/mol. The van der Waals surface area contributed by atoms with Gasteiger partial charge in [0.05, 0.1) is 0 Å². The van der Waals surface area contributed by atoms with Crippen LogP contribution in [0.2, 0.25) is 0 Å². The lowest BCUT2D eigenvalue weighted by Crippen LogP contribution is -2.30. The highest BCUT2D eigenvalue weighted by atomic mass is 16.6. The molecule has 0 spiro atoms. The normalized spacial score (nSPS) is 12.6. The molecule has 0 bridgehead atoms. The Morgan fingerprint density at radius 3 is 1.01 bits per heavy atom. The first-order chi connectivity index (χ1) is 33.5. The number of rotatable bonds is 52. The molecule has 0 aliphatic carbocycles. The summed E-state index contributed by atoms with van der Waals surface area (Å²) in [5.41, 5.74) is 0. The Bertz CT molecular complexity index is 1270. The van der Waals surface area contributed by atoms with E-state index in [2.05, 4.69) is 93.7 Å². The molecule has 6 heteroatoms. The standard InChI is InChI=1S/C62H108O6/c1-4-7-10-13-16-19-22-24-26-28-29-30-31-32-33-35-36-38-40-43-46-49-52-55-61(64)67-58-59(57-66-60(63)54-51-48-45-42-21-18-15-12-9-6-3)68-62(65)56-53-50-47-44-41-39-37-34-27-25-23-20-17-14-11-8-5-2/h8,11-12,15,17,20,25,27,37,39,44,47,59H,4-7,9-10,13-14,16,18-19,21-24,26,28-36,38,40-43,45-46,48-58H2,1-3H3/b11-8-,15-12-,20-17-,27-25-,39-37-,47-44-. The molecule has 0 aromatic carbocycles. The van der Waals surface area contributed by atoms with Gasteiger partial charge in [-0.15, -0.1) is 0 Å². The molecule has 0 aromatic rings. The van der Waals surface area contributed by atoms with Crippen LogP contribution < -0.4 is 0 Å². The van der Waals surface area contributed by atoms with Crippen LogP contribution in [0.15, 0.2) is 72.9 Å². The summed E-state index contributed by atoms with van der Waals surface area (Å²) in [6.07, 6.45) is 72.1. The third kappa shape index (κ3) is 53.8. The third-order valence-corrected chi connectivity index (χ3v) is 12.4. The van der Waals surface area contributed by atoms with Gasteiger partial charge in [-0.3, -0.25) is 14.4 Å². The largest absolute Gasteiger partial charge is 0.462 e. The zero-order valence-corrected chi connectivity index (χ0v) is 44.9. The van der Waals surface area contributed by atoms with E-state index in [0.717, 1.165) is 96.3 Å². The molecule has 6 nitrogen and oxygen atoms in total. The van der Waals surface area contributed by atoms with E-state index in [1.165, 1.54) is 141 Å². The van der Waals surface area contributed by atoms with Crippen molar-refractivity contribution in [2.45, 2.75) is 290 Å². The summed E-state index contributed by atoms with van der Waals surface area (Å²) in [6, 6.07) is 0. The Kier molecular flexibility index (Phi) is 53.8. The van der Waals surface area contributed by atoms with E-state index in [0.29, 0.717) is 19.3 Å². The zero-order valence-electron chi connectivity index (χ0n) is 44.9. The Labute approximate surface area is 421 Å². The predicted octanol–water partition coefficient (Wildman–Crippen LogP) is 19.4. The number of unbranched alkanes of at least 4 members (excludes halogenated alkanes) is 29. The van der Waals surface area contributed by atoms with Gasteiger partial charge < -0.3 is 14.2 Å². The highest BCUT2D eigenvalue weighted by Gasteiger charge is 2.19. The topological polar surface area (TPSA) is 78.9 Å². The first-order valence-corrected chi connectivity index (χ1v) is 28.9. The summed E-state index contributed by atoms with van der Waals surface area (Å²) in [4.78, 5) is 38.0. The van der Waals surface area contributed by atoms with Crippen molar-refractivity contribution in [2.75, 3.05) is 13.2 Å². The lowest BCUT2D eigenvalue weighted by atomic mass is 10.0. The first-order valence-electron chi connectivity index (χ1n) is 28.9. The molecular weight excluding hydrogens is 841 g/mol. The van der Waals surface area contributed by atoms with Crippen molar-refractivity contribution in [1.82, 2.24) is 0 Å². The summed E-state index contributed by atoms with van der Waals surface area (Å²) in [6.45, 7) is 6.43. The highest BCUT2D eigenvalue weighted by Crippen LogP contribution is 2.17. The molecule has 0 saturated carbocycles. The molecule has 392 valence electrons. The van der Waals surface area contributed by atoms with Crippen LogP contribution in [0.25, 0.3) is 0 Å². The number of hydrogen-bond acceptors (Lipinski definition) is 6. The maximum atomic E-state index is 12.8. The summed E-state index contributed by atoms with van der Waals surface area (Å²) < 4.78 is 16.8. The van der Waals surface area contributed by atoms with Crippen LogP contribution in [0, 0.1) is 0 Å². The van der Waals surface area contributed by atoms with E-state index in [4.69, 9.17) is 14.2 Å². The van der Waals surface area contributed by atoms with E-state index in [9.17, 15) is 14.4 Å². The quantitative estimate of drug-likeness (QED) is 0.0262. The van der Waals surface area contributed by atoms with Gasteiger partial charge in [-0.25, -0.2) is 0 Å². The summed E-state index contributed by atoms with van der Waals surface area (Å²) in [7, 11) is 0. The van der Waals surface area contributed by atoms with Crippen LogP contribution in [-0.4, -0.2) is 37.2 Å². The van der Waals surface area contributed by atoms with Crippen LogP contribution >= 0.6 is 0 Å². The smallest absolute Gasteiger partial charge is 0.306 e. The lowest BCUT2D eigenvalue weighted by Gasteiger charge is -2.18. The van der Waals surface area contributed by atoms with Gasteiger partial charge in [-0.05, 0) is 77.0 Å². The maximum Gasteiger partial charge on any atom is 0.306 e. The molecule has 0 aromatic heterocycles. The molecule has 0 saturated heterocycles. The van der Waals surface area contributed by atoms with Gasteiger partial charge in [0.1, 0.15) is 13.2 Å². The third-order valence-electron chi connectivity index (χ3n) is 12.4. The molecule has 0 aliphatic heterocycles. The van der Waals surface area contributed by atoms with E-state index >= 15 is 0 Å². The molecule has 0 amide bonds. The fraction of sp³-hybridized carbons (Fsp3) is 0.758. The number of hydrogen-bond donors (Lipinski definition) is 0. The van der Waals surface area contributed by atoms with Crippen LogP contribution in [0.1, 0.15) is 284 Å². The van der Waals surface area contributed by atoms with E-state index < -0.39 is 6.10 Å². The maximum absolute atomic E-state index is 12.8. The average Bonchev–Trinajstić information content (AvgIpc) is 3.34. The average molecular weight is 950 g/mol. The molecular formula is C62H108O6. The van der Waals surface area contributed by atoms with Crippen molar-refractivity contribution in [3.05, 3.63) is 72.9 Å². The van der Waals surface area contributed by atoms with Crippen molar-refractivity contribution >= 4 is 17.9 Å². The van der Waals surface area contributed by atoms with Crippen LogP contribution in [-0.2, 0) is 28.6 Å². The second-order valence-corrected chi connectivity index (χ2v) is 19.2. The molecule has 0 aliphatic rings. The van der Waals surface area contributed by atoms with Crippen molar-refractivity contribution in [3.8, 4) is 0 Å². The summed E-state index contributed by atoms with van der Waals surface area (Å²) in [5, 5.41) is 0. The molecule has 0 radical (unpaired) electrons.